The van der Waals surface area contributed by atoms with Crippen LogP contribution in [-0.4, -0.2) is 24.1 Å². The van der Waals surface area contributed by atoms with E-state index in [4.69, 9.17) is 9.73 Å². The van der Waals surface area contributed by atoms with Crippen LogP contribution in [0.15, 0.2) is 29.3 Å². The number of thiazole rings is 1. The van der Waals surface area contributed by atoms with Gasteiger partial charge in [0, 0.05) is 23.4 Å². The topological polar surface area (TPSA) is 58.5 Å². The number of ether oxygens (including phenoxy) is 1. The molecule has 0 radical (unpaired) electrons. The van der Waals surface area contributed by atoms with Gasteiger partial charge in [0.25, 0.3) is 0 Å². The highest BCUT2D eigenvalue weighted by Gasteiger charge is 2.21. The Balaban J connectivity index is 0.00000225. The standard InChI is InChI=1S/C18H24N4OS.HI/c1-4-19-18(20-11-17-12(2)21-13(3)24-17)22-15-9-10-23-16-8-6-5-7-14(15)16;/h5-8,15H,4,9-11H2,1-3H3,(H2,19,20,22);1H. The van der Waals surface area contributed by atoms with Gasteiger partial charge in [-0.25, -0.2) is 9.98 Å². The monoisotopic (exact) mass is 472 g/mol. The van der Waals surface area contributed by atoms with E-state index in [0.29, 0.717) is 6.54 Å². The van der Waals surface area contributed by atoms with Gasteiger partial charge in [0.2, 0.25) is 0 Å². The third-order valence-electron chi connectivity index (χ3n) is 3.99. The summed E-state index contributed by atoms with van der Waals surface area (Å²) in [6.45, 7) is 8.37. The Morgan fingerprint density at radius 1 is 1.36 bits per heavy atom. The summed E-state index contributed by atoms with van der Waals surface area (Å²) in [5, 5.41) is 7.98. The number of para-hydroxylation sites is 1. The second-order valence-corrected chi connectivity index (χ2v) is 7.10. The molecule has 0 spiro atoms. The molecule has 5 nitrogen and oxygen atoms in total. The van der Waals surface area contributed by atoms with Crippen molar-refractivity contribution >= 4 is 41.3 Å². The first kappa shape index (κ1) is 20.0. The fraction of sp³-hybridized carbons (Fsp3) is 0.444. The molecule has 7 heteroatoms. The molecule has 0 fully saturated rings. The maximum Gasteiger partial charge on any atom is 0.192 e. The van der Waals surface area contributed by atoms with Crippen LogP contribution in [0.1, 0.15) is 40.5 Å². The van der Waals surface area contributed by atoms with Crippen LogP contribution in [-0.2, 0) is 6.54 Å². The van der Waals surface area contributed by atoms with E-state index >= 15 is 0 Å². The largest absolute Gasteiger partial charge is 0.493 e. The van der Waals surface area contributed by atoms with E-state index in [1.807, 2.05) is 26.0 Å². The molecule has 25 heavy (non-hydrogen) atoms. The smallest absolute Gasteiger partial charge is 0.192 e. The van der Waals surface area contributed by atoms with Crippen molar-refractivity contribution in [2.24, 2.45) is 4.99 Å². The first-order chi connectivity index (χ1) is 11.7. The van der Waals surface area contributed by atoms with Gasteiger partial charge in [-0.1, -0.05) is 18.2 Å². The molecule has 2 aromatic rings. The van der Waals surface area contributed by atoms with Crippen LogP contribution >= 0.6 is 35.3 Å². The Morgan fingerprint density at radius 3 is 2.88 bits per heavy atom. The number of aryl methyl sites for hydroxylation is 2. The van der Waals surface area contributed by atoms with E-state index in [2.05, 4.69) is 34.7 Å². The minimum absolute atomic E-state index is 0. The number of nitrogens with zero attached hydrogens (tertiary/aromatic N) is 2. The SMILES string of the molecule is CCNC(=NCc1sc(C)nc1C)NC1CCOc2ccccc21.I. The number of nitrogens with one attached hydrogen (secondary N) is 2. The van der Waals surface area contributed by atoms with E-state index < -0.39 is 0 Å². The molecule has 1 aliphatic rings. The summed E-state index contributed by atoms with van der Waals surface area (Å²) in [4.78, 5) is 10.4. The fourth-order valence-corrected chi connectivity index (χ4v) is 3.71. The molecule has 0 saturated heterocycles. The Bertz CT molecular complexity index is 732. The van der Waals surface area contributed by atoms with E-state index in [0.717, 1.165) is 42.0 Å². The Kier molecular flexibility index (Phi) is 7.49. The zero-order valence-electron chi connectivity index (χ0n) is 14.8. The number of fused-ring (bicyclic) bond motifs is 1. The summed E-state index contributed by atoms with van der Waals surface area (Å²) >= 11 is 1.72. The van der Waals surface area contributed by atoms with Gasteiger partial charge in [-0.05, 0) is 26.8 Å². The minimum atomic E-state index is 0. The number of hydrogen-bond acceptors (Lipinski definition) is 4. The van der Waals surface area contributed by atoms with Crippen LogP contribution in [0, 0.1) is 13.8 Å². The van der Waals surface area contributed by atoms with Crippen molar-refractivity contribution < 1.29 is 4.74 Å². The lowest BCUT2D eigenvalue weighted by Crippen LogP contribution is -2.41. The van der Waals surface area contributed by atoms with Crippen molar-refractivity contribution in [1.29, 1.82) is 0 Å². The van der Waals surface area contributed by atoms with Crippen LogP contribution in [0.5, 0.6) is 5.75 Å². The normalized spacial score (nSPS) is 16.4. The number of aromatic nitrogens is 1. The van der Waals surface area contributed by atoms with Crippen molar-refractivity contribution in [3.8, 4) is 5.75 Å². The van der Waals surface area contributed by atoms with Gasteiger partial charge in [-0.15, -0.1) is 35.3 Å². The molecule has 0 bridgehead atoms. The number of aliphatic imine (C=N–C) groups is 1. The second kappa shape index (κ2) is 9.38. The molecular weight excluding hydrogens is 447 g/mol. The maximum atomic E-state index is 5.74. The Labute approximate surface area is 170 Å². The van der Waals surface area contributed by atoms with Crippen molar-refractivity contribution in [3.05, 3.63) is 45.4 Å². The van der Waals surface area contributed by atoms with Gasteiger partial charge in [0.15, 0.2) is 5.96 Å². The highest BCUT2D eigenvalue weighted by atomic mass is 127. The van der Waals surface area contributed by atoms with Crippen LogP contribution in [0.4, 0.5) is 0 Å². The predicted molar refractivity (Wildman–Crippen MR) is 114 cm³/mol. The molecule has 0 aliphatic carbocycles. The highest BCUT2D eigenvalue weighted by Crippen LogP contribution is 2.31. The summed E-state index contributed by atoms with van der Waals surface area (Å²) in [6, 6.07) is 8.42. The Morgan fingerprint density at radius 2 is 2.16 bits per heavy atom. The van der Waals surface area contributed by atoms with Crippen LogP contribution in [0.2, 0.25) is 0 Å². The number of halogens is 1. The lowest BCUT2D eigenvalue weighted by atomic mass is 10.0. The second-order valence-electron chi connectivity index (χ2n) is 5.81. The van der Waals surface area contributed by atoms with Crippen LogP contribution in [0.3, 0.4) is 0 Å². The van der Waals surface area contributed by atoms with E-state index in [1.54, 1.807) is 11.3 Å². The zero-order chi connectivity index (χ0) is 16.9. The average Bonchev–Trinajstić information content (AvgIpc) is 2.91. The van der Waals surface area contributed by atoms with Crippen molar-refractivity contribution in [1.82, 2.24) is 15.6 Å². The molecule has 3 rings (SSSR count). The van der Waals surface area contributed by atoms with E-state index in [9.17, 15) is 0 Å². The molecule has 2 heterocycles. The molecular formula is C18H25IN4OS. The fourth-order valence-electron chi connectivity index (χ4n) is 2.85. The quantitative estimate of drug-likeness (QED) is 0.402. The summed E-state index contributed by atoms with van der Waals surface area (Å²) in [5.41, 5.74) is 2.27. The number of benzene rings is 1. The average molecular weight is 472 g/mol. The van der Waals surface area contributed by atoms with Gasteiger partial charge in [-0.3, -0.25) is 0 Å². The molecule has 136 valence electrons. The van der Waals surface area contributed by atoms with E-state index in [1.165, 1.54) is 10.4 Å². The molecule has 1 atom stereocenters. The Hall–Kier alpha value is -1.35. The van der Waals surface area contributed by atoms with Gasteiger partial charge in [0.05, 0.1) is 29.9 Å². The summed E-state index contributed by atoms with van der Waals surface area (Å²) in [7, 11) is 0. The summed E-state index contributed by atoms with van der Waals surface area (Å²) in [5.74, 6) is 1.80. The molecule has 0 saturated carbocycles. The highest BCUT2D eigenvalue weighted by molar-refractivity contribution is 14.0. The van der Waals surface area contributed by atoms with Crippen molar-refractivity contribution in [2.75, 3.05) is 13.2 Å². The van der Waals surface area contributed by atoms with Gasteiger partial charge in [-0.2, -0.15) is 0 Å². The van der Waals surface area contributed by atoms with Crippen LogP contribution in [0.25, 0.3) is 0 Å². The van der Waals surface area contributed by atoms with Crippen molar-refractivity contribution in [2.45, 2.75) is 39.8 Å². The summed E-state index contributed by atoms with van der Waals surface area (Å²) < 4.78 is 5.74. The lowest BCUT2D eigenvalue weighted by molar-refractivity contribution is 0.261. The first-order valence-corrected chi connectivity index (χ1v) is 9.18. The van der Waals surface area contributed by atoms with Gasteiger partial charge >= 0.3 is 0 Å². The molecule has 1 aromatic carbocycles. The molecule has 2 N–H and O–H groups in total. The third kappa shape index (κ3) is 5.07. The molecule has 0 amide bonds. The van der Waals surface area contributed by atoms with Gasteiger partial charge in [0.1, 0.15) is 5.75 Å². The molecule has 1 unspecified atom stereocenters. The molecule has 1 aromatic heterocycles. The third-order valence-corrected chi connectivity index (χ3v) is 5.05. The number of guanidine groups is 1. The lowest BCUT2D eigenvalue weighted by Gasteiger charge is -2.28. The first-order valence-electron chi connectivity index (χ1n) is 8.37. The van der Waals surface area contributed by atoms with E-state index in [-0.39, 0.29) is 30.0 Å². The predicted octanol–water partition coefficient (Wildman–Crippen LogP) is 3.96. The van der Waals surface area contributed by atoms with Crippen molar-refractivity contribution in [3.63, 3.8) is 0 Å². The number of hydrogen-bond donors (Lipinski definition) is 2. The maximum absolute atomic E-state index is 5.74. The number of rotatable bonds is 4. The summed E-state index contributed by atoms with van der Waals surface area (Å²) in [6.07, 6.45) is 0.931. The van der Waals surface area contributed by atoms with Gasteiger partial charge < -0.3 is 15.4 Å². The zero-order valence-corrected chi connectivity index (χ0v) is 18.0. The molecule has 1 aliphatic heterocycles. The van der Waals surface area contributed by atoms with Crippen LogP contribution < -0.4 is 15.4 Å². The minimum Gasteiger partial charge on any atom is -0.493 e.